The molecule has 2 heterocycles. The fraction of sp³-hybridized carbons (Fsp3) is 0.714. The Morgan fingerprint density at radius 2 is 2.26 bits per heavy atom. The van der Waals surface area contributed by atoms with Gasteiger partial charge in [-0.2, -0.15) is 0 Å². The zero-order valence-electron chi connectivity index (χ0n) is 11.2. The maximum absolute atomic E-state index is 11.9. The molecule has 1 saturated heterocycles. The number of hydrogen-bond donors (Lipinski definition) is 0. The van der Waals surface area contributed by atoms with Gasteiger partial charge in [0.25, 0.3) is 0 Å². The molecule has 1 aliphatic heterocycles. The number of oxazole rings is 1. The van der Waals surface area contributed by atoms with E-state index in [4.69, 9.17) is 13.9 Å². The van der Waals surface area contributed by atoms with E-state index in [0.717, 1.165) is 38.0 Å². The van der Waals surface area contributed by atoms with Crippen molar-refractivity contribution in [3.05, 3.63) is 17.3 Å². The van der Waals surface area contributed by atoms with Crippen LogP contribution in [0.4, 0.5) is 0 Å². The van der Waals surface area contributed by atoms with Crippen LogP contribution in [0.2, 0.25) is 0 Å². The second-order valence-corrected chi connectivity index (χ2v) is 5.16. The highest BCUT2D eigenvalue weighted by Gasteiger charge is 2.34. The maximum atomic E-state index is 11.9. The molecule has 5 heteroatoms. The van der Waals surface area contributed by atoms with Crippen molar-refractivity contribution in [3.63, 3.8) is 0 Å². The normalized spacial score (nSPS) is 22.7. The SMILES string of the molecule is CCOC(=O)c1oc(CC2CCCO2)nc1C1CC1. The zero-order valence-corrected chi connectivity index (χ0v) is 11.2. The highest BCUT2D eigenvalue weighted by Crippen LogP contribution is 2.41. The van der Waals surface area contributed by atoms with Gasteiger partial charge >= 0.3 is 5.97 Å². The lowest BCUT2D eigenvalue weighted by atomic mass is 10.2. The molecule has 0 spiro atoms. The van der Waals surface area contributed by atoms with Crippen molar-refractivity contribution in [1.29, 1.82) is 0 Å². The molecule has 0 bridgehead atoms. The van der Waals surface area contributed by atoms with E-state index in [1.165, 1.54) is 0 Å². The lowest BCUT2D eigenvalue weighted by Gasteiger charge is -2.04. The Bertz CT molecular complexity index is 458. The number of carbonyl (C=O) groups excluding carboxylic acids is 1. The number of carbonyl (C=O) groups is 1. The molecule has 2 fully saturated rings. The van der Waals surface area contributed by atoms with E-state index >= 15 is 0 Å². The molecular formula is C14H19NO4. The van der Waals surface area contributed by atoms with Crippen molar-refractivity contribution >= 4 is 5.97 Å². The van der Waals surface area contributed by atoms with Crippen LogP contribution in [0.5, 0.6) is 0 Å². The Morgan fingerprint density at radius 3 is 2.89 bits per heavy atom. The van der Waals surface area contributed by atoms with Crippen LogP contribution in [0.3, 0.4) is 0 Å². The number of ether oxygens (including phenoxy) is 2. The molecule has 19 heavy (non-hydrogen) atoms. The molecule has 5 nitrogen and oxygen atoms in total. The van der Waals surface area contributed by atoms with Crippen LogP contribution >= 0.6 is 0 Å². The minimum Gasteiger partial charge on any atom is -0.460 e. The molecule has 1 aromatic rings. The third-order valence-corrected chi connectivity index (χ3v) is 3.55. The number of aromatic nitrogens is 1. The van der Waals surface area contributed by atoms with E-state index in [0.29, 0.717) is 30.6 Å². The second-order valence-electron chi connectivity index (χ2n) is 5.16. The number of rotatable bonds is 5. The Labute approximate surface area is 112 Å². The minimum absolute atomic E-state index is 0.181. The summed E-state index contributed by atoms with van der Waals surface area (Å²) in [6.45, 7) is 2.95. The Hall–Kier alpha value is -1.36. The van der Waals surface area contributed by atoms with Crippen molar-refractivity contribution in [2.45, 2.75) is 51.0 Å². The van der Waals surface area contributed by atoms with Crippen LogP contribution in [0.1, 0.15) is 60.7 Å². The van der Waals surface area contributed by atoms with Crippen molar-refractivity contribution in [1.82, 2.24) is 4.98 Å². The van der Waals surface area contributed by atoms with Crippen molar-refractivity contribution in [2.75, 3.05) is 13.2 Å². The first kappa shape index (κ1) is 12.7. The van der Waals surface area contributed by atoms with Gasteiger partial charge in [0.15, 0.2) is 5.89 Å². The van der Waals surface area contributed by atoms with Crippen LogP contribution < -0.4 is 0 Å². The molecule has 0 N–H and O–H groups in total. The molecule has 1 unspecified atom stereocenters. The van der Waals surface area contributed by atoms with Crippen LogP contribution in [0.25, 0.3) is 0 Å². The molecule has 104 valence electrons. The predicted octanol–water partition coefficient (Wildman–Crippen LogP) is 2.45. The van der Waals surface area contributed by atoms with E-state index < -0.39 is 5.97 Å². The van der Waals surface area contributed by atoms with E-state index in [1.807, 2.05) is 0 Å². The van der Waals surface area contributed by atoms with E-state index in [9.17, 15) is 4.79 Å². The van der Waals surface area contributed by atoms with Gasteiger partial charge in [-0.1, -0.05) is 0 Å². The molecule has 2 aliphatic rings. The van der Waals surface area contributed by atoms with Gasteiger partial charge in [-0.15, -0.1) is 0 Å². The van der Waals surface area contributed by atoms with Crippen LogP contribution in [-0.2, 0) is 15.9 Å². The van der Waals surface area contributed by atoms with Gasteiger partial charge in [-0.05, 0) is 32.6 Å². The summed E-state index contributed by atoms with van der Waals surface area (Å²) in [4.78, 5) is 16.4. The highest BCUT2D eigenvalue weighted by molar-refractivity contribution is 5.87. The number of hydrogen-bond acceptors (Lipinski definition) is 5. The molecule has 0 amide bonds. The lowest BCUT2D eigenvalue weighted by Crippen LogP contribution is -2.09. The van der Waals surface area contributed by atoms with E-state index in [-0.39, 0.29) is 6.10 Å². The fourth-order valence-corrected chi connectivity index (χ4v) is 2.44. The first-order valence-corrected chi connectivity index (χ1v) is 7.06. The van der Waals surface area contributed by atoms with Crippen LogP contribution in [0, 0.1) is 0 Å². The molecule has 1 aromatic heterocycles. The monoisotopic (exact) mass is 265 g/mol. The van der Waals surface area contributed by atoms with Gasteiger partial charge in [0.05, 0.1) is 24.8 Å². The van der Waals surface area contributed by atoms with Crippen molar-refractivity contribution in [3.8, 4) is 0 Å². The Morgan fingerprint density at radius 1 is 1.42 bits per heavy atom. The quantitative estimate of drug-likeness (QED) is 0.765. The van der Waals surface area contributed by atoms with Gasteiger partial charge < -0.3 is 13.9 Å². The molecular weight excluding hydrogens is 246 g/mol. The summed E-state index contributed by atoms with van der Waals surface area (Å²) < 4.78 is 16.2. The summed E-state index contributed by atoms with van der Waals surface area (Å²) in [7, 11) is 0. The first-order valence-electron chi connectivity index (χ1n) is 7.06. The topological polar surface area (TPSA) is 61.6 Å². The highest BCUT2D eigenvalue weighted by atomic mass is 16.5. The summed E-state index contributed by atoms with van der Waals surface area (Å²) in [6.07, 6.45) is 5.12. The van der Waals surface area contributed by atoms with Crippen molar-refractivity contribution in [2.24, 2.45) is 0 Å². The average molecular weight is 265 g/mol. The van der Waals surface area contributed by atoms with Crippen LogP contribution in [-0.4, -0.2) is 30.3 Å². The van der Waals surface area contributed by atoms with Gasteiger partial charge in [0.1, 0.15) is 0 Å². The third kappa shape index (κ3) is 2.81. The predicted molar refractivity (Wildman–Crippen MR) is 67.1 cm³/mol. The summed E-state index contributed by atoms with van der Waals surface area (Å²) >= 11 is 0. The summed E-state index contributed by atoms with van der Waals surface area (Å²) in [5, 5.41) is 0. The minimum atomic E-state index is -0.393. The van der Waals surface area contributed by atoms with Gasteiger partial charge in [-0.3, -0.25) is 0 Å². The average Bonchev–Trinajstić information content (AvgIpc) is 2.96. The van der Waals surface area contributed by atoms with Crippen LogP contribution in [0.15, 0.2) is 4.42 Å². The summed E-state index contributed by atoms with van der Waals surface area (Å²) in [5.41, 5.74) is 0.784. The number of esters is 1. The van der Waals surface area contributed by atoms with Crippen molar-refractivity contribution < 1.29 is 18.7 Å². The molecule has 3 rings (SSSR count). The van der Waals surface area contributed by atoms with E-state index in [1.54, 1.807) is 6.92 Å². The first-order chi connectivity index (χ1) is 9.28. The maximum Gasteiger partial charge on any atom is 0.376 e. The summed E-state index contributed by atoms with van der Waals surface area (Å²) in [5.74, 6) is 0.895. The third-order valence-electron chi connectivity index (χ3n) is 3.55. The largest absolute Gasteiger partial charge is 0.460 e. The summed E-state index contributed by atoms with van der Waals surface area (Å²) in [6, 6.07) is 0. The lowest BCUT2D eigenvalue weighted by molar-refractivity contribution is 0.0482. The second kappa shape index (κ2) is 5.33. The smallest absolute Gasteiger partial charge is 0.376 e. The fourth-order valence-electron chi connectivity index (χ4n) is 2.44. The van der Waals surface area contributed by atoms with E-state index in [2.05, 4.69) is 4.98 Å². The Kier molecular flexibility index (Phi) is 3.55. The van der Waals surface area contributed by atoms with Gasteiger partial charge in [-0.25, -0.2) is 9.78 Å². The molecule has 1 atom stereocenters. The van der Waals surface area contributed by atoms with Gasteiger partial charge in [0.2, 0.25) is 5.76 Å². The van der Waals surface area contributed by atoms with Gasteiger partial charge in [0, 0.05) is 12.5 Å². The molecule has 0 aromatic carbocycles. The molecule has 0 radical (unpaired) electrons. The Balaban J connectivity index is 1.77. The number of nitrogens with zero attached hydrogens (tertiary/aromatic N) is 1. The molecule has 1 aliphatic carbocycles. The molecule has 1 saturated carbocycles. The standard InChI is InChI=1S/C14H19NO4/c1-2-17-14(16)13-12(9-5-6-9)15-11(19-13)8-10-4-3-7-18-10/h9-10H,2-8H2,1H3. The zero-order chi connectivity index (χ0) is 13.2.